The van der Waals surface area contributed by atoms with Crippen LogP contribution in [0, 0.1) is 0 Å². The summed E-state index contributed by atoms with van der Waals surface area (Å²) in [6.45, 7) is 5.22. The molecule has 0 spiro atoms. The number of nitrogens with zero attached hydrogens (tertiary/aromatic N) is 2. The molecular formula is C16H19ClN2O3S. The van der Waals surface area contributed by atoms with Crippen molar-refractivity contribution in [1.82, 2.24) is 9.21 Å². The van der Waals surface area contributed by atoms with Gasteiger partial charge in [-0.1, -0.05) is 18.2 Å². The van der Waals surface area contributed by atoms with Gasteiger partial charge in [-0.15, -0.1) is 0 Å². The van der Waals surface area contributed by atoms with Crippen molar-refractivity contribution < 1.29 is 12.8 Å². The lowest BCUT2D eigenvalue weighted by atomic mass is 10.0. The zero-order valence-corrected chi connectivity index (χ0v) is 15.0. The van der Waals surface area contributed by atoms with E-state index in [1.807, 2.05) is 7.05 Å². The lowest BCUT2D eigenvalue weighted by molar-refractivity contribution is 0.334. The van der Waals surface area contributed by atoms with Crippen molar-refractivity contribution in [3.8, 4) is 0 Å². The molecule has 2 aromatic rings. The van der Waals surface area contributed by atoms with Crippen molar-refractivity contribution in [2.24, 2.45) is 0 Å². The fourth-order valence-corrected chi connectivity index (χ4v) is 4.00. The summed E-state index contributed by atoms with van der Waals surface area (Å²) in [5, 5.41) is 1.61. The molecule has 0 bridgehead atoms. The summed E-state index contributed by atoms with van der Waals surface area (Å²) in [5.74, 6) is 0.325. The van der Waals surface area contributed by atoms with Crippen LogP contribution in [0.1, 0.15) is 16.9 Å². The van der Waals surface area contributed by atoms with Crippen LogP contribution in [0.5, 0.6) is 0 Å². The second-order valence-corrected chi connectivity index (χ2v) is 8.59. The smallest absolute Gasteiger partial charge is 0.245 e. The minimum Gasteiger partial charge on any atom is -0.455 e. The molecule has 0 fully saturated rings. The summed E-state index contributed by atoms with van der Waals surface area (Å²) >= 11 is 6.35. The lowest BCUT2D eigenvalue weighted by Crippen LogP contribution is -2.23. The molecule has 3 rings (SSSR count). The SMILES string of the molecule is C=C(c1oc2ccc(Cl)c3c2c1CN(C)CC3)S(=O)(=O)N(C)C. The molecule has 1 aliphatic heterocycles. The Labute approximate surface area is 141 Å². The van der Waals surface area contributed by atoms with E-state index in [-0.39, 0.29) is 4.91 Å². The average Bonchev–Trinajstić information content (AvgIpc) is 2.73. The van der Waals surface area contributed by atoms with E-state index in [1.165, 1.54) is 14.1 Å². The van der Waals surface area contributed by atoms with E-state index in [0.29, 0.717) is 22.9 Å². The largest absolute Gasteiger partial charge is 0.455 e. The summed E-state index contributed by atoms with van der Waals surface area (Å²) in [4.78, 5) is 2.10. The third-order valence-electron chi connectivity index (χ3n) is 4.22. The molecule has 0 aliphatic carbocycles. The van der Waals surface area contributed by atoms with E-state index in [9.17, 15) is 8.42 Å². The van der Waals surface area contributed by atoms with Crippen LogP contribution in [0.2, 0.25) is 5.02 Å². The minimum absolute atomic E-state index is 0.0222. The molecule has 23 heavy (non-hydrogen) atoms. The molecule has 0 saturated carbocycles. The number of rotatable bonds is 3. The molecule has 1 aromatic carbocycles. The number of hydrogen-bond acceptors (Lipinski definition) is 4. The molecule has 7 heteroatoms. The van der Waals surface area contributed by atoms with Gasteiger partial charge in [0.2, 0.25) is 10.0 Å². The minimum atomic E-state index is -3.64. The quantitative estimate of drug-likeness (QED) is 0.850. The molecule has 1 aromatic heterocycles. The van der Waals surface area contributed by atoms with Crippen LogP contribution in [-0.4, -0.2) is 45.3 Å². The molecule has 0 saturated heterocycles. The molecule has 0 amide bonds. The van der Waals surface area contributed by atoms with Crippen molar-refractivity contribution in [3.63, 3.8) is 0 Å². The number of benzene rings is 1. The van der Waals surface area contributed by atoms with E-state index in [2.05, 4.69) is 11.5 Å². The van der Waals surface area contributed by atoms with Gasteiger partial charge in [0.25, 0.3) is 0 Å². The number of halogens is 1. The predicted octanol–water partition coefficient (Wildman–Crippen LogP) is 2.94. The zero-order chi connectivity index (χ0) is 16.9. The van der Waals surface area contributed by atoms with Crippen LogP contribution in [0.15, 0.2) is 23.1 Å². The normalized spacial score (nSPS) is 16.0. The van der Waals surface area contributed by atoms with Gasteiger partial charge in [-0.25, -0.2) is 12.7 Å². The van der Waals surface area contributed by atoms with Gasteiger partial charge < -0.3 is 9.32 Å². The van der Waals surface area contributed by atoms with Gasteiger partial charge in [0, 0.05) is 43.2 Å². The second kappa shape index (κ2) is 5.63. The fraction of sp³-hybridized carbons (Fsp3) is 0.375. The van der Waals surface area contributed by atoms with Crippen LogP contribution >= 0.6 is 11.6 Å². The molecule has 0 atom stereocenters. The Balaban J connectivity index is 2.29. The zero-order valence-electron chi connectivity index (χ0n) is 13.4. The third kappa shape index (κ3) is 2.59. The van der Waals surface area contributed by atoms with Crippen LogP contribution in [0.3, 0.4) is 0 Å². The highest BCUT2D eigenvalue weighted by molar-refractivity contribution is 7.98. The van der Waals surface area contributed by atoms with Crippen LogP contribution in [-0.2, 0) is 23.0 Å². The van der Waals surface area contributed by atoms with Crippen LogP contribution < -0.4 is 0 Å². The molecular weight excluding hydrogens is 336 g/mol. The number of sulfonamides is 1. The summed E-state index contributed by atoms with van der Waals surface area (Å²) in [6, 6.07) is 3.58. The van der Waals surface area contributed by atoms with E-state index >= 15 is 0 Å². The first-order chi connectivity index (χ1) is 10.7. The molecule has 0 unspecified atom stereocenters. The van der Waals surface area contributed by atoms with Gasteiger partial charge in [0.05, 0.1) is 0 Å². The highest BCUT2D eigenvalue weighted by atomic mass is 35.5. The summed E-state index contributed by atoms with van der Waals surface area (Å²) < 4.78 is 31.9. The van der Waals surface area contributed by atoms with Gasteiger partial charge in [-0.2, -0.15) is 0 Å². The molecule has 0 radical (unpaired) electrons. The number of furan rings is 1. The predicted molar refractivity (Wildman–Crippen MR) is 92.9 cm³/mol. The van der Waals surface area contributed by atoms with E-state index < -0.39 is 10.0 Å². The summed E-state index contributed by atoms with van der Waals surface area (Å²) in [6.07, 6.45) is 0.797. The van der Waals surface area contributed by atoms with Crippen LogP contribution in [0.4, 0.5) is 0 Å². The highest BCUT2D eigenvalue weighted by Gasteiger charge is 2.30. The van der Waals surface area contributed by atoms with Gasteiger partial charge in [0.1, 0.15) is 10.5 Å². The first kappa shape index (κ1) is 16.5. The molecule has 5 nitrogen and oxygen atoms in total. The maximum atomic E-state index is 12.4. The van der Waals surface area contributed by atoms with Crippen molar-refractivity contribution in [3.05, 3.63) is 40.6 Å². The Morgan fingerprint density at radius 2 is 2.04 bits per heavy atom. The van der Waals surface area contributed by atoms with Gasteiger partial charge in [-0.05, 0) is 31.2 Å². The standard InChI is InChI=1S/C16H19ClN2O3S/c1-10(23(20,21)18(2)3)16-12-9-19(4)8-7-11-13(17)5-6-14(22-16)15(11)12/h5-6H,1,7-9H2,2-4H3. The van der Waals surface area contributed by atoms with Crippen molar-refractivity contribution in [1.29, 1.82) is 0 Å². The fourth-order valence-electron chi connectivity index (χ4n) is 2.91. The van der Waals surface area contributed by atoms with Gasteiger partial charge >= 0.3 is 0 Å². The van der Waals surface area contributed by atoms with Crippen molar-refractivity contribution >= 4 is 37.5 Å². The topological polar surface area (TPSA) is 53.8 Å². The van der Waals surface area contributed by atoms with E-state index in [0.717, 1.165) is 33.8 Å². The Morgan fingerprint density at radius 1 is 1.35 bits per heavy atom. The van der Waals surface area contributed by atoms with Crippen molar-refractivity contribution in [2.45, 2.75) is 13.0 Å². The Kier molecular flexibility index (Phi) is 4.04. The Bertz CT molecular complexity index is 900. The monoisotopic (exact) mass is 354 g/mol. The van der Waals surface area contributed by atoms with Crippen molar-refractivity contribution in [2.75, 3.05) is 27.7 Å². The van der Waals surface area contributed by atoms with E-state index in [4.69, 9.17) is 16.0 Å². The molecule has 1 aliphatic rings. The number of likely N-dealkylation sites (N-methyl/N-ethyl adjacent to an activating group) is 1. The number of hydrogen-bond donors (Lipinski definition) is 0. The molecule has 2 heterocycles. The van der Waals surface area contributed by atoms with E-state index in [1.54, 1.807) is 12.1 Å². The molecule has 0 N–H and O–H groups in total. The third-order valence-corrected chi connectivity index (χ3v) is 6.35. The maximum absolute atomic E-state index is 12.4. The second-order valence-electron chi connectivity index (χ2n) is 6.01. The Hall–Kier alpha value is -1.34. The average molecular weight is 355 g/mol. The van der Waals surface area contributed by atoms with Crippen LogP contribution in [0.25, 0.3) is 15.9 Å². The highest BCUT2D eigenvalue weighted by Crippen LogP contribution is 2.39. The summed E-state index contributed by atoms with van der Waals surface area (Å²) in [5.41, 5.74) is 2.50. The summed E-state index contributed by atoms with van der Waals surface area (Å²) in [7, 11) is 1.31. The first-order valence-corrected chi connectivity index (χ1v) is 9.08. The lowest BCUT2D eigenvalue weighted by Gasteiger charge is -2.16. The Morgan fingerprint density at radius 3 is 2.70 bits per heavy atom. The maximum Gasteiger partial charge on any atom is 0.245 e. The first-order valence-electron chi connectivity index (χ1n) is 7.26. The van der Waals surface area contributed by atoms with Gasteiger partial charge in [-0.3, -0.25) is 0 Å². The molecule has 124 valence electrons. The van der Waals surface area contributed by atoms with Gasteiger partial charge in [0.15, 0.2) is 5.76 Å².